The van der Waals surface area contributed by atoms with Gasteiger partial charge in [0.2, 0.25) is 5.91 Å². The molecule has 0 heterocycles. The lowest BCUT2D eigenvalue weighted by Gasteiger charge is -2.21. The number of ether oxygens (including phenoxy) is 1. The molecule has 2 rings (SSSR count). The molecule has 5 heteroatoms. The SMILES string of the molecule is COc1cccc(C)c1NC(=O)CN=C/C=C\NC1CCCCC1. The minimum atomic E-state index is -0.160. The number of methoxy groups -OCH3 is 1. The second kappa shape index (κ2) is 9.75. The Morgan fingerprint density at radius 3 is 2.88 bits per heavy atom. The van der Waals surface area contributed by atoms with Crippen LogP contribution in [0.25, 0.3) is 0 Å². The second-order valence-corrected chi connectivity index (χ2v) is 6.05. The summed E-state index contributed by atoms with van der Waals surface area (Å²) in [7, 11) is 1.59. The van der Waals surface area contributed by atoms with Gasteiger partial charge in [-0.05, 0) is 43.7 Å². The number of hydrogen-bond acceptors (Lipinski definition) is 4. The van der Waals surface area contributed by atoms with Gasteiger partial charge in [0.15, 0.2) is 0 Å². The smallest absolute Gasteiger partial charge is 0.246 e. The van der Waals surface area contributed by atoms with Crippen molar-refractivity contribution in [3.63, 3.8) is 0 Å². The van der Waals surface area contributed by atoms with E-state index in [2.05, 4.69) is 15.6 Å². The molecule has 1 aliphatic rings. The number of benzene rings is 1. The highest BCUT2D eigenvalue weighted by Gasteiger charge is 2.10. The van der Waals surface area contributed by atoms with Crippen LogP contribution in [0.15, 0.2) is 35.5 Å². The summed E-state index contributed by atoms with van der Waals surface area (Å²) in [5, 5.41) is 6.24. The first-order valence-corrected chi connectivity index (χ1v) is 8.55. The number of allylic oxidation sites excluding steroid dienone is 1. The van der Waals surface area contributed by atoms with E-state index in [1.165, 1.54) is 32.1 Å². The fraction of sp³-hybridized carbons (Fsp3) is 0.474. The molecule has 1 saturated carbocycles. The lowest BCUT2D eigenvalue weighted by atomic mass is 9.96. The van der Waals surface area contributed by atoms with E-state index in [0.717, 1.165) is 5.56 Å². The van der Waals surface area contributed by atoms with Crippen molar-refractivity contribution >= 4 is 17.8 Å². The molecule has 0 unspecified atom stereocenters. The van der Waals surface area contributed by atoms with Gasteiger partial charge in [-0.1, -0.05) is 31.4 Å². The highest BCUT2D eigenvalue weighted by atomic mass is 16.5. The van der Waals surface area contributed by atoms with Crippen molar-refractivity contribution in [1.29, 1.82) is 0 Å². The summed E-state index contributed by atoms with van der Waals surface area (Å²) in [5.41, 5.74) is 1.66. The average Bonchev–Trinajstić information content (AvgIpc) is 2.60. The van der Waals surface area contributed by atoms with Crippen molar-refractivity contribution in [2.24, 2.45) is 4.99 Å². The number of carbonyl (C=O) groups excluding carboxylic acids is 1. The van der Waals surface area contributed by atoms with Crippen LogP contribution in [-0.2, 0) is 4.79 Å². The number of aliphatic imine (C=N–C) groups is 1. The van der Waals surface area contributed by atoms with E-state index in [1.54, 1.807) is 13.3 Å². The normalized spacial score (nSPS) is 15.8. The zero-order valence-electron chi connectivity index (χ0n) is 14.5. The van der Waals surface area contributed by atoms with Crippen LogP contribution in [-0.4, -0.2) is 31.8 Å². The van der Waals surface area contributed by atoms with E-state index < -0.39 is 0 Å². The Balaban J connectivity index is 1.74. The molecule has 0 aliphatic heterocycles. The molecule has 1 aliphatic carbocycles. The Morgan fingerprint density at radius 2 is 2.12 bits per heavy atom. The van der Waals surface area contributed by atoms with Gasteiger partial charge in [-0.25, -0.2) is 0 Å². The van der Waals surface area contributed by atoms with E-state index in [0.29, 0.717) is 17.5 Å². The number of nitrogens with zero attached hydrogens (tertiary/aromatic N) is 1. The molecule has 2 N–H and O–H groups in total. The predicted molar refractivity (Wildman–Crippen MR) is 98.9 cm³/mol. The summed E-state index contributed by atoms with van der Waals surface area (Å²) >= 11 is 0. The number of hydrogen-bond donors (Lipinski definition) is 2. The van der Waals surface area contributed by atoms with E-state index in [4.69, 9.17) is 4.74 Å². The number of carbonyl (C=O) groups is 1. The highest BCUT2D eigenvalue weighted by Crippen LogP contribution is 2.27. The molecule has 0 radical (unpaired) electrons. The van der Waals surface area contributed by atoms with Crippen LogP contribution in [0, 0.1) is 6.92 Å². The molecule has 1 aromatic carbocycles. The Bertz CT molecular complexity index is 590. The molecule has 0 aromatic heterocycles. The van der Waals surface area contributed by atoms with E-state index >= 15 is 0 Å². The van der Waals surface area contributed by atoms with Crippen LogP contribution in [0.4, 0.5) is 5.69 Å². The first kappa shape index (κ1) is 18.0. The molecular weight excluding hydrogens is 302 g/mol. The summed E-state index contributed by atoms with van der Waals surface area (Å²) in [6.07, 6.45) is 11.9. The minimum Gasteiger partial charge on any atom is -0.495 e. The first-order chi connectivity index (χ1) is 11.7. The summed E-state index contributed by atoms with van der Waals surface area (Å²) in [6.45, 7) is 2.02. The third kappa shape index (κ3) is 5.72. The van der Waals surface area contributed by atoms with E-state index in [-0.39, 0.29) is 12.5 Å². The van der Waals surface area contributed by atoms with Crippen molar-refractivity contribution in [3.8, 4) is 5.75 Å². The number of nitrogens with one attached hydrogen (secondary N) is 2. The summed E-state index contributed by atoms with van der Waals surface area (Å²) in [5.74, 6) is 0.497. The first-order valence-electron chi connectivity index (χ1n) is 8.55. The topological polar surface area (TPSA) is 62.7 Å². The van der Waals surface area contributed by atoms with Crippen molar-refractivity contribution in [1.82, 2.24) is 5.32 Å². The van der Waals surface area contributed by atoms with Crippen molar-refractivity contribution in [2.45, 2.75) is 45.1 Å². The Morgan fingerprint density at radius 1 is 1.33 bits per heavy atom. The maximum Gasteiger partial charge on any atom is 0.246 e. The molecule has 5 nitrogen and oxygen atoms in total. The Kier molecular flexibility index (Phi) is 7.33. The summed E-state index contributed by atoms with van der Waals surface area (Å²) in [6, 6.07) is 6.24. The number of aryl methyl sites for hydroxylation is 1. The molecule has 0 saturated heterocycles. The van der Waals surface area contributed by atoms with E-state index in [1.807, 2.05) is 37.4 Å². The summed E-state index contributed by atoms with van der Waals surface area (Å²) in [4.78, 5) is 16.1. The highest BCUT2D eigenvalue weighted by molar-refractivity contribution is 5.95. The van der Waals surface area contributed by atoms with Gasteiger partial charge in [-0.2, -0.15) is 0 Å². The monoisotopic (exact) mass is 329 g/mol. The van der Waals surface area contributed by atoms with Gasteiger partial charge >= 0.3 is 0 Å². The van der Waals surface area contributed by atoms with Gasteiger partial charge < -0.3 is 15.4 Å². The summed E-state index contributed by atoms with van der Waals surface area (Å²) < 4.78 is 5.27. The lowest BCUT2D eigenvalue weighted by Crippen LogP contribution is -2.26. The maximum absolute atomic E-state index is 12.0. The van der Waals surface area contributed by atoms with Gasteiger partial charge in [0.1, 0.15) is 12.3 Å². The predicted octanol–water partition coefficient (Wildman–Crippen LogP) is 3.45. The molecule has 1 amide bonds. The van der Waals surface area contributed by atoms with Crippen LogP contribution in [0.1, 0.15) is 37.7 Å². The van der Waals surface area contributed by atoms with Crippen LogP contribution >= 0.6 is 0 Å². The standard InChI is InChI=1S/C19H27N3O2/c1-15-8-6-11-17(24-2)19(15)22-18(23)14-20-12-7-13-21-16-9-4-3-5-10-16/h6-8,11-13,16,21H,3-5,9-10,14H2,1-2H3,(H,22,23)/b13-7-,20-12?. The quantitative estimate of drug-likeness (QED) is 0.753. The van der Waals surface area contributed by atoms with Gasteiger partial charge in [-0.3, -0.25) is 9.79 Å². The van der Waals surface area contributed by atoms with Crippen LogP contribution in [0.5, 0.6) is 5.75 Å². The van der Waals surface area contributed by atoms with Crippen molar-refractivity contribution in [3.05, 3.63) is 36.0 Å². The molecule has 0 spiro atoms. The molecule has 0 bridgehead atoms. The fourth-order valence-electron chi connectivity index (χ4n) is 2.85. The fourth-order valence-corrected chi connectivity index (χ4v) is 2.85. The second-order valence-electron chi connectivity index (χ2n) is 6.05. The largest absolute Gasteiger partial charge is 0.495 e. The minimum absolute atomic E-state index is 0.0885. The van der Waals surface area contributed by atoms with Crippen molar-refractivity contribution < 1.29 is 9.53 Å². The van der Waals surface area contributed by atoms with Crippen LogP contribution < -0.4 is 15.4 Å². The van der Waals surface area contributed by atoms with Gasteiger partial charge in [-0.15, -0.1) is 0 Å². The van der Waals surface area contributed by atoms with Crippen LogP contribution in [0.2, 0.25) is 0 Å². The molecule has 130 valence electrons. The molecular formula is C19H27N3O2. The molecule has 0 atom stereocenters. The third-order valence-corrected chi connectivity index (χ3v) is 4.18. The number of rotatable bonds is 7. The Labute approximate surface area is 144 Å². The van der Waals surface area contributed by atoms with E-state index in [9.17, 15) is 4.79 Å². The zero-order valence-corrected chi connectivity index (χ0v) is 14.5. The molecule has 1 fully saturated rings. The third-order valence-electron chi connectivity index (χ3n) is 4.18. The van der Waals surface area contributed by atoms with Crippen LogP contribution in [0.3, 0.4) is 0 Å². The lowest BCUT2D eigenvalue weighted by molar-refractivity contribution is -0.114. The van der Waals surface area contributed by atoms with Gasteiger partial charge in [0.05, 0.1) is 12.8 Å². The zero-order chi connectivity index (χ0) is 17.2. The molecule has 24 heavy (non-hydrogen) atoms. The average molecular weight is 329 g/mol. The number of amides is 1. The van der Waals surface area contributed by atoms with Gasteiger partial charge in [0.25, 0.3) is 0 Å². The Hall–Kier alpha value is -2.30. The number of anilines is 1. The molecule has 1 aromatic rings. The maximum atomic E-state index is 12.0. The van der Waals surface area contributed by atoms with Crippen molar-refractivity contribution in [2.75, 3.05) is 19.0 Å². The number of para-hydroxylation sites is 1. The van der Waals surface area contributed by atoms with Gasteiger partial charge in [0, 0.05) is 12.3 Å².